The van der Waals surface area contributed by atoms with Crippen LogP contribution in [0, 0.1) is 0 Å². The molecule has 0 N–H and O–H groups in total. The predicted octanol–water partition coefficient (Wildman–Crippen LogP) is 3.24. The van der Waals surface area contributed by atoms with Gasteiger partial charge in [-0.1, -0.05) is 24.3 Å². The Kier molecular flexibility index (Phi) is 3.10. The lowest BCUT2D eigenvalue weighted by Gasteiger charge is -2.23. The largest absolute Gasteiger partial charge is 0.378 e. The van der Waals surface area contributed by atoms with Crippen molar-refractivity contribution in [1.29, 1.82) is 0 Å². The van der Waals surface area contributed by atoms with E-state index in [1.54, 1.807) is 7.11 Å². The molecular formula is C12H18O. The molecule has 0 unspecified atom stereocenters. The van der Waals surface area contributed by atoms with Crippen LogP contribution in [0.5, 0.6) is 0 Å². The molecule has 0 radical (unpaired) electrons. The molecule has 0 heterocycles. The minimum Gasteiger partial charge on any atom is -0.378 e. The van der Waals surface area contributed by atoms with E-state index in [1.165, 1.54) is 11.1 Å². The Balaban J connectivity index is 2.67. The summed E-state index contributed by atoms with van der Waals surface area (Å²) in [4.78, 5) is 0. The molecule has 1 heteroatoms. The Morgan fingerprint density at radius 2 is 2.15 bits per heavy atom. The molecule has 0 amide bonds. The topological polar surface area (TPSA) is 9.23 Å². The Morgan fingerprint density at radius 1 is 1.46 bits per heavy atom. The van der Waals surface area contributed by atoms with Crippen LogP contribution in [0.15, 0.2) is 35.5 Å². The second-order valence-corrected chi connectivity index (χ2v) is 3.94. The molecule has 0 aromatic carbocycles. The summed E-state index contributed by atoms with van der Waals surface area (Å²) in [7, 11) is 1.76. The summed E-state index contributed by atoms with van der Waals surface area (Å²) in [6.07, 6.45) is 9.50. The maximum absolute atomic E-state index is 5.40. The van der Waals surface area contributed by atoms with Gasteiger partial charge in [0.2, 0.25) is 0 Å². The molecule has 0 fully saturated rings. The van der Waals surface area contributed by atoms with Crippen molar-refractivity contribution >= 4 is 0 Å². The van der Waals surface area contributed by atoms with Gasteiger partial charge >= 0.3 is 0 Å². The number of ether oxygens (including phenoxy) is 1. The molecule has 0 saturated heterocycles. The van der Waals surface area contributed by atoms with Crippen LogP contribution in [0.4, 0.5) is 0 Å². The van der Waals surface area contributed by atoms with Gasteiger partial charge in [0.1, 0.15) is 0 Å². The summed E-state index contributed by atoms with van der Waals surface area (Å²) >= 11 is 0. The van der Waals surface area contributed by atoms with Crippen molar-refractivity contribution in [2.24, 2.45) is 0 Å². The van der Waals surface area contributed by atoms with Crippen molar-refractivity contribution in [2.45, 2.75) is 32.8 Å². The smallest absolute Gasteiger partial charge is 0.0663 e. The van der Waals surface area contributed by atoms with Crippen molar-refractivity contribution in [3.8, 4) is 0 Å². The minimum absolute atomic E-state index is 0.0634. The quantitative estimate of drug-likeness (QED) is 0.644. The van der Waals surface area contributed by atoms with Crippen LogP contribution in [-0.2, 0) is 4.74 Å². The van der Waals surface area contributed by atoms with Crippen LogP contribution in [0.25, 0.3) is 0 Å². The summed E-state index contributed by atoms with van der Waals surface area (Å²) in [6.45, 7) is 6.29. The molecule has 0 atom stereocenters. The molecule has 0 spiro atoms. The fourth-order valence-electron chi connectivity index (χ4n) is 1.44. The van der Waals surface area contributed by atoms with E-state index in [0.717, 1.165) is 6.42 Å². The van der Waals surface area contributed by atoms with Gasteiger partial charge in [0.05, 0.1) is 5.60 Å². The first-order chi connectivity index (χ1) is 6.09. The number of methoxy groups -OCH3 is 1. The van der Waals surface area contributed by atoms with E-state index in [4.69, 9.17) is 4.74 Å². The molecule has 0 bridgehead atoms. The molecule has 1 nitrogen and oxygen atoms in total. The highest BCUT2D eigenvalue weighted by Gasteiger charge is 2.20. The third-order valence-corrected chi connectivity index (χ3v) is 2.42. The zero-order valence-corrected chi connectivity index (χ0v) is 8.92. The standard InChI is InChI=1S/C12H18O/c1-5-10-7-6-8-11(10)9-12(2,3)13-4/h5-8H,9H2,1-4H3. The summed E-state index contributed by atoms with van der Waals surface area (Å²) in [6, 6.07) is 0. The highest BCUT2D eigenvalue weighted by molar-refractivity contribution is 5.48. The summed E-state index contributed by atoms with van der Waals surface area (Å²) < 4.78 is 5.40. The predicted molar refractivity (Wildman–Crippen MR) is 56.7 cm³/mol. The maximum atomic E-state index is 5.40. The third kappa shape index (κ3) is 2.56. The average molecular weight is 178 g/mol. The molecule has 1 rings (SSSR count). The number of hydrogen-bond acceptors (Lipinski definition) is 1. The third-order valence-electron chi connectivity index (χ3n) is 2.42. The van der Waals surface area contributed by atoms with Gasteiger partial charge in [-0.3, -0.25) is 0 Å². The SMILES string of the molecule is CC=C1C=CC=C1CC(C)(C)OC. The Hall–Kier alpha value is -0.820. The Labute approximate surface area is 80.8 Å². The van der Waals surface area contributed by atoms with Gasteiger partial charge < -0.3 is 4.74 Å². The maximum Gasteiger partial charge on any atom is 0.0663 e. The summed E-state index contributed by atoms with van der Waals surface area (Å²) in [5.74, 6) is 0. The van der Waals surface area contributed by atoms with Crippen molar-refractivity contribution in [2.75, 3.05) is 7.11 Å². The van der Waals surface area contributed by atoms with E-state index < -0.39 is 0 Å². The van der Waals surface area contributed by atoms with Crippen LogP contribution in [-0.4, -0.2) is 12.7 Å². The van der Waals surface area contributed by atoms with Crippen LogP contribution in [0.2, 0.25) is 0 Å². The van der Waals surface area contributed by atoms with E-state index in [2.05, 4.69) is 45.1 Å². The molecule has 0 aromatic heterocycles. The molecule has 13 heavy (non-hydrogen) atoms. The molecule has 1 aliphatic rings. The number of allylic oxidation sites excluding steroid dienone is 5. The highest BCUT2D eigenvalue weighted by atomic mass is 16.5. The first-order valence-electron chi connectivity index (χ1n) is 4.68. The van der Waals surface area contributed by atoms with E-state index in [1.807, 2.05) is 0 Å². The zero-order valence-electron chi connectivity index (χ0n) is 8.92. The lowest BCUT2D eigenvalue weighted by atomic mass is 9.95. The molecular weight excluding hydrogens is 160 g/mol. The first-order valence-corrected chi connectivity index (χ1v) is 4.68. The first kappa shape index (κ1) is 10.3. The average Bonchev–Trinajstić information content (AvgIpc) is 2.51. The zero-order chi connectivity index (χ0) is 9.90. The number of rotatable bonds is 3. The van der Waals surface area contributed by atoms with Gasteiger partial charge in [-0.05, 0) is 31.9 Å². The van der Waals surface area contributed by atoms with Gasteiger partial charge in [0, 0.05) is 13.5 Å². The lowest BCUT2D eigenvalue weighted by Crippen LogP contribution is -2.22. The number of hydrogen-bond donors (Lipinski definition) is 0. The fraction of sp³-hybridized carbons (Fsp3) is 0.500. The molecule has 1 aliphatic carbocycles. The normalized spacial score (nSPS) is 19.7. The van der Waals surface area contributed by atoms with Crippen LogP contribution >= 0.6 is 0 Å². The Bertz CT molecular complexity index is 267. The van der Waals surface area contributed by atoms with Gasteiger partial charge in [-0.15, -0.1) is 0 Å². The summed E-state index contributed by atoms with van der Waals surface area (Å²) in [5.41, 5.74) is 2.63. The van der Waals surface area contributed by atoms with E-state index in [-0.39, 0.29) is 5.60 Å². The molecule has 0 aromatic rings. The minimum atomic E-state index is -0.0634. The van der Waals surface area contributed by atoms with Crippen LogP contribution < -0.4 is 0 Å². The van der Waals surface area contributed by atoms with Gasteiger partial charge in [-0.2, -0.15) is 0 Å². The Morgan fingerprint density at radius 3 is 2.69 bits per heavy atom. The van der Waals surface area contributed by atoms with E-state index in [9.17, 15) is 0 Å². The van der Waals surface area contributed by atoms with Gasteiger partial charge in [-0.25, -0.2) is 0 Å². The van der Waals surface area contributed by atoms with E-state index in [0.29, 0.717) is 0 Å². The van der Waals surface area contributed by atoms with Gasteiger partial charge in [0.15, 0.2) is 0 Å². The highest BCUT2D eigenvalue weighted by Crippen LogP contribution is 2.28. The lowest BCUT2D eigenvalue weighted by molar-refractivity contribution is 0.0238. The van der Waals surface area contributed by atoms with Crippen LogP contribution in [0.1, 0.15) is 27.2 Å². The second-order valence-electron chi connectivity index (χ2n) is 3.94. The molecule has 72 valence electrons. The second kappa shape index (κ2) is 3.93. The van der Waals surface area contributed by atoms with Crippen molar-refractivity contribution in [3.05, 3.63) is 35.5 Å². The van der Waals surface area contributed by atoms with Crippen molar-refractivity contribution in [3.63, 3.8) is 0 Å². The van der Waals surface area contributed by atoms with Crippen molar-refractivity contribution in [1.82, 2.24) is 0 Å². The van der Waals surface area contributed by atoms with Gasteiger partial charge in [0.25, 0.3) is 0 Å². The summed E-state index contributed by atoms with van der Waals surface area (Å²) in [5, 5.41) is 0. The van der Waals surface area contributed by atoms with E-state index >= 15 is 0 Å². The van der Waals surface area contributed by atoms with Crippen LogP contribution in [0.3, 0.4) is 0 Å². The van der Waals surface area contributed by atoms with Crippen molar-refractivity contribution < 1.29 is 4.74 Å². The molecule has 0 aliphatic heterocycles. The molecule has 0 saturated carbocycles. The fourth-order valence-corrected chi connectivity index (χ4v) is 1.44. The monoisotopic (exact) mass is 178 g/mol.